The highest BCUT2D eigenvalue weighted by atomic mass is 16.5. The van der Waals surface area contributed by atoms with E-state index in [1.54, 1.807) is 13.1 Å². The lowest BCUT2D eigenvalue weighted by molar-refractivity contribution is -0.139. The lowest BCUT2D eigenvalue weighted by atomic mass is 10.0. The van der Waals surface area contributed by atoms with Gasteiger partial charge in [0.25, 0.3) is 0 Å². The Kier molecular flexibility index (Phi) is 6.91. The zero-order chi connectivity index (χ0) is 22.4. The molecule has 31 heavy (non-hydrogen) atoms. The average Bonchev–Trinajstić information content (AvgIpc) is 3.22. The smallest absolute Gasteiger partial charge is 0.363 e. The summed E-state index contributed by atoms with van der Waals surface area (Å²) in [6.45, 7) is 3.34. The van der Waals surface area contributed by atoms with E-state index < -0.39 is 24.0 Å². The van der Waals surface area contributed by atoms with Crippen molar-refractivity contribution in [2.45, 2.75) is 26.3 Å². The molecule has 1 unspecified atom stereocenters. The van der Waals surface area contributed by atoms with Gasteiger partial charge in [0.1, 0.15) is 6.61 Å². The Morgan fingerprint density at radius 1 is 1.13 bits per heavy atom. The molecular formula is C21H24N4O6. The number of methoxy groups -OCH3 is 1. The van der Waals surface area contributed by atoms with Crippen LogP contribution >= 0.6 is 0 Å². The molecule has 2 amide bonds. The molecule has 10 nitrogen and oxygen atoms in total. The Morgan fingerprint density at radius 2 is 1.87 bits per heavy atom. The van der Waals surface area contributed by atoms with E-state index in [2.05, 4.69) is 15.7 Å². The molecule has 164 valence electrons. The van der Waals surface area contributed by atoms with Crippen LogP contribution in [0.3, 0.4) is 0 Å². The first-order valence-corrected chi connectivity index (χ1v) is 9.82. The van der Waals surface area contributed by atoms with Crippen molar-refractivity contribution in [3.8, 4) is 11.4 Å². The van der Waals surface area contributed by atoms with Crippen LogP contribution in [0.1, 0.15) is 30.8 Å². The predicted octanol–water partition coefficient (Wildman–Crippen LogP) is 1.95. The van der Waals surface area contributed by atoms with E-state index in [4.69, 9.17) is 14.2 Å². The number of nitrogens with one attached hydrogen (secondary N) is 2. The fraction of sp³-hybridized carbons (Fsp3) is 0.333. The van der Waals surface area contributed by atoms with Crippen LogP contribution in [0, 0.1) is 0 Å². The molecule has 0 saturated heterocycles. The Bertz CT molecular complexity index is 999. The van der Waals surface area contributed by atoms with E-state index in [-0.39, 0.29) is 35.9 Å². The maximum absolute atomic E-state index is 12.7. The summed E-state index contributed by atoms with van der Waals surface area (Å²) in [5.41, 5.74) is 1.10. The monoisotopic (exact) mass is 428 g/mol. The van der Waals surface area contributed by atoms with Crippen LogP contribution in [0.2, 0.25) is 0 Å². The third-order valence-electron chi connectivity index (χ3n) is 4.61. The number of esters is 2. The van der Waals surface area contributed by atoms with Gasteiger partial charge in [-0.3, -0.25) is 0 Å². The number of amides is 2. The highest BCUT2D eigenvalue weighted by Crippen LogP contribution is 2.22. The molecule has 2 heterocycles. The largest absolute Gasteiger partial charge is 0.493 e. The lowest BCUT2D eigenvalue weighted by Gasteiger charge is -2.28. The molecule has 0 bridgehead atoms. The van der Waals surface area contributed by atoms with Crippen molar-refractivity contribution >= 4 is 18.0 Å². The quantitative estimate of drug-likeness (QED) is 0.617. The molecule has 1 aliphatic rings. The van der Waals surface area contributed by atoms with E-state index in [0.717, 1.165) is 5.69 Å². The standard InChI is InChI=1S/C21H24N4O6/c1-4-14-17(19(26)30-5-2)15(23-21(28)22-14)12-31-20(27)18-16(29-3)11-25(24-18)13-9-7-6-8-10-13/h6-11,14H,4-5,12H2,1-3H3,(H2,22,23,28). The summed E-state index contributed by atoms with van der Waals surface area (Å²) < 4.78 is 17.2. The number of carbonyl (C=O) groups is 3. The highest BCUT2D eigenvalue weighted by Gasteiger charge is 2.32. The van der Waals surface area contributed by atoms with Crippen LogP contribution < -0.4 is 15.4 Å². The van der Waals surface area contributed by atoms with Crippen LogP contribution in [0.4, 0.5) is 4.79 Å². The number of hydrogen-bond acceptors (Lipinski definition) is 7. The van der Waals surface area contributed by atoms with Crippen LogP contribution in [0.5, 0.6) is 5.75 Å². The molecule has 1 aromatic carbocycles. The molecule has 0 radical (unpaired) electrons. The molecule has 0 saturated carbocycles. The fourth-order valence-electron chi connectivity index (χ4n) is 3.14. The van der Waals surface area contributed by atoms with Crippen molar-refractivity contribution in [2.24, 2.45) is 0 Å². The van der Waals surface area contributed by atoms with E-state index in [9.17, 15) is 14.4 Å². The maximum Gasteiger partial charge on any atom is 0.363 e. The number of hydrogen-bond donors (Lipinski definition) is 2. The number of urea groups is 1. The van der Waals surface area contributed by atoms with Gasteiger partial charge in [0, 0.05) is 0 Å². The summed E-state index contributed by atoms with van der Waals surface area (Å²) in [6.07, 6.45) is 2.03. The van der Waals surface area contributed by atoms with Gasteiger partial charge in [-0.25, -0.2) is 19.1 Å². The van der Waals surface area contributed by atoms with Crippen LogP contribution in [0.25, 0.3) is 5.69 Å². The van der Waals surface area contributed by atoms with Gasteiger partial charge < -0.3 is 24.8 Å². The van der Waals surface area contributed by atoms with Crippen molar-refractivity contribution in [1.29, 1.82) is 0 Å². The minimum Gasteiger partial charge on any atom is -0.493 e. The van der Waals surface area contributed by atoms with Gasteiger partial charge in [0.05, 0.1) is 42.9 Å². The van der Waals surface area contributed by atoms with Gasteiger partial charge in [-0.2, -0.15) is 5.10 Å². The fourth-order valence-corrected chi connectivity index (χ4v) is 3.14. The molecule has 2 aromatic rings. The van der Waals surface area contributed by atoms with Crippen molar-refractivity contribution in [3.05, 3.63) is 53.5 Å². The summed E-state index contributed by atoms with van der Waals surface area (Å²) in [6, 6.07) is 8.17. The number of para-hydroxylation sites is 1. The van der Waals surface area contributed by atoms with Gasteiger partial charge in [0.15, 0.2) is 5.75 Å². The zero-order valence-electron chi connectivity index (χ0n) is 17.5. The minimum atomic E-state index is -0.761. The molecule has 1 atom stereocenters. The summed E-state index contributed by atoms with van der Waals surface area (Å²) >= 11 is 0. The SMILES string of the molecule is CCOC(=O)C1=C(COC(=O)c2nn(-c3ccccc3)cc2OC)NC(=O)NC1CC. The van der Waals surface area contributed by atoms with Gasteiger partial charge in [-0.05, 0) is 25.5 Å². The topological polar surface area (TPSA) is 121 Å². The highest BCUT2D eigenvalue weighted by molar-refractivity contribution is 5.95. The third kappa shape index (κ3) is 4.85. The molecule has 1 aliphatic heterocycles. The number of aromatic nitrogens is 2. The molecule has 2 N–H and O–H groups in total. The second-order valence-electron chi connectivity index (χ2n) is 6.57. The summed E-state index contributed by atoms with van der Waals surface area (Å²) in [7, 11) is 1.42. The molecule has 0 spiro atoms. The molecule has 3 rings (SSSR count). The molecule has 10 heteroatoms. The number of carbonyl (C=O) groups excluding carboxylic acids is 3. The van der Waals surface area contributed by atoms with Crippen molar-refractivity contribution in [3.63, 3.8) is 0 Å². The van der Waals surface area contributed by atoms with Crippen molar-refractivity contribution in [2.75, 3.05) is 20.3 Å². The molecule has 1 aromatic heterocycles. The second kappa shape index (κ2) is 9.79. The van der Waals surface area contributed by atoms with E-state index >= 15 is 0 Å². The number of ether oxygens (including phenoxy) is 3. The molecule has 0 aliphatic carbocycles. The van der Waals surface area contributed by atoms with E-state index in [0.29, 0.717) is 6.42 Å². The minimum absolute atomic E-state index is 0.0306. The third-order valence-corrected chi connectivity index (χ3v) is 4.61. The number of benzene rings is 1. The van der Waals surface area contributed by atoms with Crippen LogP contribution in [-0.4, -0.2) is 54.1 Å². The van der Waals surface area contributed by atoms with Crippen LogP contribution in [-0.2, 0) is 14.3 Å². The maximum atomic E-state index is 12.7. The number of nitrogens with zero attached hydrogens (tertiary/aromatic N) is 2. The summed E-state index contributed by atoms with van der Waals surface area (Å²) in [5.74, 6) is -1.11. The lowest BCUT2D eigenvalue weighted by Crippen LogP contribution is -2.51. The van der Waals surface area contributed by atoms with Crippen LogP contribution in [0.15, 0.2) is 47.8 Å². The van der Waals surface area contributed by atoms with E-state index in [1.165, 1.54) is 11.8 Å². The van der Waals surface area contributed by atoms with Crippen molar-refractivity contribution in [1.82, 2.24) is 20.4 Å². The van der Waals surface area contributed by atoms with Gasteiger partial charge in [0.2, 0.25) is 5.69 Å². The second-order valence-corrected chi connectivity index (χ2v) is 6.57. The average molecular weight is 428 g/mol. The Labute approximate surface area is 179 Å². The first-order chi connectivity index (χ1) is 15.0. The Hall–Kier alpha value is -3.82. The summed E-state index contributed by atoms with van der Waals surface area (Å²) in [4.78, 5) is 37.1. The normalized spacial score (nSPS) is 15.7. The molecular weight excluding hydrogens is 404 g/mol. The zero-order valence-corrected chi connectivity index (χ0v) is 17.5. The predicted molar refractivity (Wildman–Crippen MR) is 110 cm³/mol. The Balaban J connectivity index is 1.83. The van der Waals surface area contributed by atoms with Gasteiger partial charge >= 0.3 is 18.0 Å². The van der Waals surface area contributed by atoms with Crippen molar-refractivity contribution < 1.29 is 28.6 Å². The Morgan fingerprint density at radius 3 is 2.52 bits per heavy atom. The summed E-state index contributed by atoms with van der Waals surface area (Å²) in [5, 5.41) is 9.45. The molecule has 0 fully saturated rings. The van der Waals surface area contributed by atoms with Gasteiger partial charge in [-0.15, -0.1) is 0 Å². The number of rotatable bonds is 8. The van der Waals surface area contributed by atoms with Gasteiger partial charge in [-0.1, -0.05) is 25.1 Å². The first-order valence-electron chi connectivity index (χ1n) is 9.82. The van der Waals surface area contributed by atoms with E-state index in [1.807, 2.05) is 37.3 Å². The first kappa shape index (κ1) is 21.9.